The Morgan fingerprint density at radius 1 is 1.11 bits per heavy atom. The summed E-state index contributed by atoms with van der Waals surface area (Å²) < 4.78 is 14.1. The van der Waals surface area contributed by atoms with Crippen molar-refractivity contribution in [3.63, 3.8) is 0 Å². The minimum Gasteiger partial charge on any atom is -0.502 e. The van der Waals surface area contributed by atoms with Crippen molar-refractivity contribution in [1.29, 1.82) is 0 Å². The fourth-order valence-electron chi connectivity index (χ4n) is 1.52. The van der Waals surface area contributed by atoms with Gasteiger partial charge in [0.15, 0.2) is 17.6 Å². The molecule has 0 radical (unpaired) electrons. The molecule has 3 N–H and O–H groups in total. The van der Waals surface area contributed by atoms with Gasteiger partial charge in [-0.2, -0.15) is 0 Å². The highest BCUT2D eigenvalue weighted by atomic mass is 16.5. The van der Waals surface area contributed by atoms with Gasteiger partial charge in [0, 0.05) is 0 Å². The van der Waals surface area contributed by atoms with Gasteiger partial charge in [-0.3, -0.25) is 0 Å². The van der Waals surface area contributed by atoms with Gasteiger partial charge in [-0.15, -0.1) is 0 Å². The van der Waals surface area contributed by atoms with E-state index in [9.17, 15) is 20.1 Å². The predicted molar refractivity (Wildman–Crippen MR) is 64.2 cm³/mol. The number of carbonyl (C=O) groups excluding carboxylic acids is 1. The minimum absolute atomic E-state index is 0.0467. The normalized spacial score (nSPS) is 13.5. The summed E-state index contributed by atoms with van der Waals surface area (Å²) in [6.07, 6.45) is -3.28. The van der Waals surface area contributed by atoms with Gasteiger partial charge in [-0.05, 0) is 17.7 Å². The van der Waals surface area contributed by atoms with Crippen LogP contribution >= 0.6 is 0 Å². The van der Waals surface area contributed by atoms with Crippen LogP contribution in [-0.4, -0.2) is 48.7 Å². The van der Waals surface area contributed by atoms with E-state index in [4.69, 9.17) is 9.47 Å². The van der Waals surface area contributed by atoms with Crippen molar-refractivity contribution in [3.8, 4) is 17.2 Å². The van der Waals surface area contributed by atoms with Crippen LogP contribution in [0.3, 0.4) is 0 Å². The fraction of sp³-hybridized carbons (Fsp3) is 0.417. The molecule has 0 saturated carbocycles. The summed E-state index contributed by atoms with van der Waals surface area (Å²) >= 11 is 0. The lowest BCUT2D eigenvalue weighted by molar-refractivity contribution is -0.156. The van der Waals surface area contributed by atoms with Crippen molar-refractivity contribution in [2.24, 2.45) is 0 Å². The first-order valence-electron chi connectivity index (χ1n) is 5.35. The Morgan fingerprint density at radius 3 is 1.95 bits per heavy atom. The third-order valence-electron chi connectivity index (χ3n) is 2.59. The van der Waals surface area contributed by atoms with E-state index in [0.29, 0.717) is 0 Å². The molecule has 1 aromatic rings. The molecular formula is C12H16O7. The second-order valence-corrected chi connectivity index (χ2v) is 3.69. The number of methoxy groups -OCH3 is 3. The second kappa shape index (κ2) is 6.26. The first-order chi connectivity index (χ1) is 8.96. The monoisotopic (exact) mass is 272 g/mol. The van der Waals surface area contributed by atoms with Gasteiger partial charge in [0.2, 0.25) is 5.75 Å². The summed E-state index contributed by atoms with van der Waals surface area (Å²) in [7, 11) is 3.74. The number of aliphatic hydroxyl groups excluding tert-OH is 2. The molecule has 19 heavy (non-hydrogen) atoms. The molecule has 0 aliphatic heterocycles. The van der Waals surface area contributed by atoms with Crippen molar-refractivity contribution < 1.29 is 34.3 Å². The largest absolute Gasteiger partial charge is 0.502 e. The molecule has 0 amide bonds. The Bertz CT molecular complexity index is 432. The molecule has 7 nitrogen and oxygen atoms in total. The van der Waals surface area contributed by atoms with Crippen molar-refractivity contribution >= 4 is 5.97 Å². The molecule has 0 spiro atoms. The van der Waals surface area contributed by atoms with Gasteiger partial charge in [-0.1, -0.05) is 0 Å². The standard InChI is InChI=1S/C12H16O7/c1-17-7-4-6(5-8(18-2)10(7)14)9(13)11(15)12(16)19-3/h4-5,9,11,13-15H,1-3H3. The highest BCUT2D eigenvalue weighted by molar-refractivity contribution is 5.75. The first kappa shape index (κ1) is 15.1. The molecular weight excluding hydrogens is 256 g/mol. The number of rotatable bonds is 5. The average Bonchev–Trinajstić information content (AvgIpc) is 2.44. The zero-order chi connectivity index (χ0) is 14.6. The third-order valence-corrected chi connectivity index (χ3v) is 2.59. The topological polar surface area (TPSA) is 105 Å². The maximum atomic E-state index is 11.2. The second-order valence-electron chi connectivity index (χ2n) is 3.69. The molecule has 0 heterocycles. The number of phenolic OH excluding ortho intramolecular Hbond substituents is 1. The molecule has 1 rings (SSSR count). The van der Waals surface area contributed by atoms with Gasteiger partial charge in [-0.25, -0.2) is 4.79 Å². The van der Waals surface area contributed by atoms with Crippen molar-refractivity contribution in [2.75, 3.05) is 21.3 Å². The summed E-state index contributed by atoms with van der Waals surface area (Å²) in [6, 6.07) is 2.57. The average molecular weight is 272 g/mol. The van der Waals surface area contributed by atoms with E-state index in [1.807, 2.05) is 0 Å². The number of esters is 1. The number of aromatic hydroxyl groups is 1. The molecule has 2 atom stereocenters. The van der Waals surface area contributed by atoms with Crippen molar-refractivity contribution in [1.82, 2.24) is 0 Å². The van der Waals surface area contributed by atoms with E-state index < -0.39 is 18.2 Å². The zero-order valence-corrected chi connectivity index (χ0v) is 10.8. The van der Waals surface area contributed by atoms with E-state index in [-0.39, 0.29) is 22.8 Å². The van der Waals surface area contributed by atoms with Gasteiger partial charge in [0.25, 0.3) is 0 Å². The quantitative estimate of drug-likeness (QED) is 0.647. The lowest BCUT2D eigenvalue weighted by atomic mass is 10.0. The van der Waals surface area contributed by atoms with Crippen LogP contribution in [-0.2, 0) is 9.53 Å². The number of ether oxygens (including phenoxy) is 3. The first-order valence-corrected chi connectivity index (χ1v) is 5.35. The lowest BCUT2D eigenvalue weighted by Gasteiger charge is -2.18. The maximum absolute atomic E-state index is 11.2. The van der Waals surface area contributed by atoms with Crippen molar-refractivity contribution in [3.05, 3.63) is 17.7 Å². The summed E-state index contributed by atoms with van der Waals surface area (Å²) in [4.78, 5) is 11.2. The molecule has 0 fully saturated rings. The van der Waals surface area contributed by atoms with Crippen LogP contribution in [0, 0.1) is 0 Å². The molecule has 1 aromatic carbocycles. The number of phenols is 1. The van der Waals surface area contributed by atoms with Crippen molar-refractivity contribution in [2.45, 2.75) is 12.2 Å². The number of aliphatic hydroxyl groups is 2. The smallest absolute Gasteiger partial charge is 0.337 e. The fourth-order valence-corrected chi connectivity index (χ4v) is 1.52. The number of hydrogen-bond acceptors (Lipinski definition) is 7. The number of carbonyl (C=O) groups is 1. The van der Waals surface area contributed by atoms with Crippen LogP contribution in [0.25, 0.3) is 0 Å². The Morgan fingerprint density at radius 2 is 1.58 bits per heavy atom. The molecule has 0 aliphatic carbocycles. The molecule has 106 valence electrons. The maximum Gasteiger partial charge on any atom is 0.337 e. The Kier molecular flexibility index (Phi) is 4.96. The molecule has 0 saturated heterocycles. The molecule has 0 bridgehead atoms. The summed E-state index contributed by atoms with van der Waals surface area (Å²) in [5.41, 5.74) is 0.143. The summed E-state index contributed by atoms with van der Waals surface area (Å²) in [6.45, 7) is 0. The van der Waals surface area contributed by atoms with E-state index in [0.717, 1.165) is 7.11 Å². The molecule has 0 aliphatic rings. The third kappa shape index (κ3) is 3.07. The van der Waals surface area contributed by atoms with Gasteiger partial charge in [0.05, 0.1) is 21.3 Å². The van der Waals surface area contributed by atoms with Crippen LogP contribution < -0.4 is 9.47 Å². The molecule has 7 heteroatoms. The predicted octanol–water partition coefficient (Wildman–Crippen LogP) is -0.0233. The Hall–Kier alpha value is -1.99. The highest BCUT2D eigenvalue weighted by Gasteiger charge is 2.28. The van der Waals surface area contributed by atoms with Gasteiger partial charge >= 0.3 is 5.97 Å². The molecule has 0 aromatic heterocycles. The Labute approximate surface area is 110 Å². The van der Waals surface area contributed by atoms with Gasteiger partial charge < -0.3 is 29.5 Å². The van der Waals surface area contributed by atoms with E-state index in [1.54, 1.807) is 0 Å². The van der Waals surface area contributed by atoms with Crippen LogP contribution in [0.15, 0.2) is 12.1 Å². The minimum atomic E-state index is -1.75. The number of hydrogen-bond donors (Lipinski definition) is 3. The molecule has 2 unspecified atom stereocenters. The van der Waals surface area contributed by atoms with E-state index >= 15 is 0 Å². The summed E-state index contributed by atoms with van der Waals surface area (Å²) in [5, 5.41) is 29.1. The van der Waals surface area contributed by atoms with E-state index in [1.165, 1.54) is 26.4 Å². The number of benzene rings is 1. The van der Waals surface area contributed by atoms with Gasteiger partial charge in [0.1, 0.15) is 6.10 Å². The zero-order valence-electron chi connectivity index (χ0n) is 10.8. The highest BCUT2D eigenvalue weighted by Crippen LogP contribution is 2.39. The van der Waals surface area contributed by atoms with E-state index in [2.05, 4.69) is 4.74 Å². The Balaban J connectivity index is 3.16. The van der Waals surface area contributed by atoms with Crippen LogP contribution in [0.1, 0.15) is 11.7 Å². The van der Waals surface area contributed by atoms with Crippen LogP contribution in [0.5, 0.6) is 17.2 Å². The SMILES string of the molecule is COC(=O)C(O)C(O)c1cc(OC)c(O)c(OC)c1. The van der Waals surface area contributed by atoms with Crippen LogP contribution in [0.4, 0.5) is 0 Å². The lowest BCUT2D eigenvalue weighted by Crippen LogP contribution is -2.29. The summed E-state index contributed by atoms with van der Waals surface area (Å²) in [5.74, 6) is -1.12. The van der Waals surface area contributed by atoms with Crippen LogP contribution in [0.2, 0.25) is 0 Å².